The van der Waals surface area contributed by atoms with Crippen molar-refractivity contribution < 1.29 is 22.7 Å². The van der Waals surface area contributed by atoms with Crippen molar-refractivity contribution in [2.75, 3.05) is 13.1 Å². The van der Waals surface area contributed by atoms with Gasteiger partial charge in [-0.25, -0.2) is 9.52 Å². The summed E-state index contributed by atoms with van der Waals surface area (Å²) >= 11 is 0. The smallest absolute Gasteiger partial charge is 0.408 e. The van der Waals surface area contributed by atoms with Gasteiger partial charge in [0, 0.05) is 19.0 Å². The number of hydrogen-bond donors (Lipinski definition) is 2. The van der Waals surface area contributed by atoms with Gasteiger partial charge in [-0.3, -0.25) is 4.79 Å². The summed E-state index contributed by atoms with van der Waals surface area (Å²) < 4.78 is 33.0. The molecule has 1 aliphatic heterocycles. The molecule has 2 unspecified atom stereocenters. The summed E-state index contributed by atoms with van der Waals surface area (Å²) in [6, 6.07) is 0. The average Bonchev–Trinajstić information content (AvgIpc) is 2.87. The highest BCUT2D eigenvalue weighted by atomic mass is 32.2. The van der Waals surface area contributed by atoms with Crippen LogP contribution in [0.4, 0.5) is 4.79 Å². The van der Waals surface area contributed by atoms with E-state index in [1.807, 2.05) is 0 Å². The summed E-state index contributed by atoms with van der Waals surface area (Å²) in [5.74, 6) is -1.09. The Kier molecular flexibility index (Phi) is 4.96. The summed E-state index contributed by atoms with van der Waals surface area (Å²) in [5, 5.41) is 2.51. The van der Waals surface area contributed by atoms with Gasteiger partial charge in [-0.2, -0.15) is 12.7 Å². The highest BCUT2D eigenvalue weighted by molar-refractivity contribution is 7.87. The van der Waals surface area contributed by atoms with E-state index in [1.54, 1.807) is 20.8 Å². The van der Waals surface area contributed by atoms with Crippen molar-refractivity contribution in [1.82, 2.24) is 14.3 Å². The van der Waals surface area contributed by atoms with Gasteiger partial charge < -0.3 is 10.1 Å². The summed E-state index contributed by atoms with van der Waals surface area (Å²) in [4.78, 5) is 24.5. The highest BCUT2D eigenvalue weighted by Crippen LogP contribution is 2.45. The molecule has 2 rings (SSSR count). The largest absolute Gasteiger partial charge is 0.444 e. The third-order valence-corrected chi connectivity index (χ3v) is 5.54. The second kappa shape index (κ2) is 6.36. The quantitative estimate of drug-likeness (QED) is 0.710. The molecule has 2 amide bonds. The van der Waals surface area contributed by atoms with Gasteiger partial charge in [0.15, 0.2) is 0 Å². The number of nitrogens with zero attached hydrogens (tertiary/aromatic N) is 1. The van der Waals surface area contributed by atoms with Gasteiger partial charge in [-0.05, 0) is 40.0 Å². The van der Waals surface area contributed by atoms with Gasteiger partial charge in [0.25, 0.3) is 5.91 Å². The molecule has 1 aliphatic carbocycles. The van der Waals surface area contributed by atoms with Gasteiger partial charge in [-0.1, -0.05) is 6.08 Å². The minimum absolute atomic E-state index is 0.289. The van der Waals surface area contributed by atoms with E-state index in [2.05, 4.69) is 16.6 Å². The Morgan fingerprint density at radius 2 is 1.88 bits per heavy atom. The lowest BCUT2D eigenvalue weighted by atomic mass is 10.2. The van der Waals surface area contributed by atoms with E-state index < -0.39 is 33.3 Å². The van der Waals surface area contributed by atoms with Crippen molar-refractivity contribution in [3.05, 3.63) is 12.7 Å². The van der Waals surface area contributed by atoms with Crippen molar-refractivity contribution in [1.29, 1.82) is 0 Å². The number of amides is 2. The Hall–Kier alpha value is -1.61. The fourth-order valence-electron chi connectivity index (χ4n) is 2.72. The molecule has 0 aromatic heterocycles. The summed E-state index contributed by atoms with van der Waals surface area (Å²) in [7, 11) is -3.90. The summed E-state index contributed by atoms with van der Waals surface area (Å²) in [6.07, 6.45) is 2.59. The first kappa shape index (κ1) is 18.7. The van der Waals surface area contributed by atoms with Crippen LogP contribution >= 0.6 is 0 Å². The maximum atomic E-state index is 12.5. The molecule has 2 aliphatic rings. The first-order valence-corrected chi connectivity index (χ1v) is 9.40. The van der Waals surface area contributed by atoms with Crippen molar-refractivity contribution in [3.8, 4) is 0 Å². The molecular formula is C15H25N3O5S. The van der Waals surface area contributed by atoms with E-state index in [0.717, 1.165) is 12.8 Å². The normalized spacial score (nSPS) is 27.4. The topological polar surface area (TPSA) is 105 Å². The molecule has 0 aromatic rings. The molecule has 0 bridgehead atoms. The summed E-state index contributed by atoms with van der Waals surface area (Å²) in [5.41, 5.74) is -2.04. The Balaban J connectivity index is 2.08. The van der Waals surface area contributed by atoms with Crippen LogP contribution in [0, 0.1) is 5.92 Å². The van der Waals surface area contributed by atoms with E-state index in [1.165, 1.54) is 10.4 Å². The average molecular weight is 359 g/mol. The molecule has 8 nitrogen and oxygen atoms in total. The molecule has 0 aromatic carbocycles. The van der Waals surface area contributed by atoms with E-state index >= 15 is 0 Å². The lowest BCUT2D eigenvalue weighted by Gasteiger charge is -2.24. The molecule has 0 spiro atoms. The Morgan fingerprint density at radius 1 is 1.29 bits per heavy atom. The number of nitrogens with one attached hydrogen (secondary N) is 2. The molecule has 136 valence electrons. The van der Waals surface area contributed by atoms with Crippen LogP contribution in [0.5, 0.6) is 0 Å². The molecule has 9 heteroatoms. The monoisotopic (exact) mass is 359 g/mol. The zero-order valence-electron chi connectivity index (χ0n) is 14.3. The fraction of sp³-hybridized carbons (Fsp3) is 0.733. The van der Waals surface area contributed by atoms with Crippen LogP contribution in [-0.2, 0) is 19.7 Å². The predicted octanol–water partition coefficient (Wildman–Crippen LogP) is 0.913. The van der Waals surface area contributed by atoms with Crippen LogP contribution in [0.2, 0.25) is 0 Å². The van der Waals surface area contributed by atoms with E-state index in [0.29, 0.717) is 13.1 Å². The number of alkyl carbamates (subject to hydrolysis) is 1. The highest BCUT2D eigenvalue weighted by Gasteiger charge is 2.61. The third-order valence-electron chi connectivity index (χ3n) is 4.06. The number of ether oxygens (including phenoxy) is 1. The van der Waals surface area contributed by atoms with Crippen LogP contribution in [-0.4, -0.2) is 49.0 Å². The number of carbonyl (C=O) groups is 2. The van der Waals surface area contributed by atoms with Crippen LogP contribution in [0.1, 0.15) is 40.0 Å². The standard InChI is InChI=1S/C15H25N3O5S/c1-5-11-10-15(11,16-13(20)23-14(2,3)4)12(19)17-24(21,22)18-8-6-7-9-18/h5,11H,1,6-10H2,2-4H3,(H,16,20)(H,17,19). The molecule has 2 N–H and O–H groups in total. The molecule has 2 atom stereocenters. The van der Waals surface area contributed by atoms with Crippen LogP contribution in [0.25, 0.3) is 0 Å². The first-order valence-electron chi connectivity index (χ1n) is 7.96. The van der Waals surface area contributed by atoms with E-state index in [9.17, 15) is 18.0 Å². The number of carbonyl (C=O) groups excluding carboxylic acids is 2. The SMILES string of the molecule is C=CC1CC1(NC(=O)OC(C)(C)C)C(=O)NS(=O)(=O)N1CCCC1. The predicted molar refractivity (Wildman–Crippen MR) is 88.3 cm³/mol. The molecule has 2 fully saturated rings. The van der Waals surface area contributed by atoms with Gasteiger partial charge in [-0.15, -0.1) is 6.58 Å². The number of rotatable bonds is 5. The molecular weight excluding hydrogens is 334 g/mol. The zero-order valence-corrected chi connectivity index (χ0v) is 15.1. The van der Waals surface area contributed by atoms with E-state index in [4.69, 9.17) is 4.74 Å². The molecule has 24 heavy (non-hydrogen) atoms. The lowest BCUT2D eigenvalue weighted by molar-refractivity contribution is -0.122. The Labute approximate surface area is 142 Å². The van der Waals surface area contributed by atoms with Crippen molar-refractivity contribution in [2.24, 2.45) is 5.92 Å². The summed E-state index contributed by atoms with van der Waals surface area (Å²) in [6.45, 7) is 9.51. The molecule has 0 radical (unpaired) electrons. The van der Waals surface area contributed by atoms with Gasteiger partial charge in [0.05, 0.1) is 0 Å². The third kappa shape index (κ3) is 4.07. The Morgan fingerprint density at radius 3 is 2.33 bits per heavy atom. The second-order valence-electron chi connectivity index (χ2n) is 7.19. The molecule has 1 saturated carbocycles. The first-order chi connectivity index (χ1) is 11.0. The van der Waals surface area contributed by atoms with Gasteiger partial charge >= 0.3 is 16.3 Å². The van der Waals surface area contributed by atoms with Crippen LogP contribution < -0.4 is 10.0 Å². The van der Waals surface area contributed by atoms with Crippen LogP contribution in [0.15, 0.2) is 12.7 Å². The Bertz CT molecular complexity index is 634. The van der Waals surface area contributed by atoms with Crippen molar-refractivity contribution in [3.63, 3.8) is 0 Å². The lowest BCUT2D eigenvalue weighted by Crippen LogP contribution is -2.54. The fourth-order valence-corrected chi connectivity index (χ4v) is 4.01. The number of hydrogen-bond acceptors (Lipinski definition) is 5. The van der Waals surface area contributed by atoms with Gasteiger partial charge in [0.1, 0.15) is 11.1 Å². The minimum atomic E-state index is -3.90. The van der Waals surface area contributed by atoms with Crippen molar-refractivity contribution in [2.45, 2.75) is 51.2 Å². The molecule has 1 saturated heterocycles. The van der Waals surface area contributed by atoms with Crippen molar-refractivity contribution >= 4 is 22.2 Å². The minimum Gasteiger partial charge on any atom is -0.444 e. The zero-order chi connectivity index (χ0) is 18.2. The van der Waals surface area contributed by atoms with E-state index in [-0.39, 0.29) is 12.3 Å². The van der Waals surface area contributed by atoms with Crippen LogP contribution in [0.3, 0.4) is 0 Å². The maximum Gasteiger partial charge on any atom is 0.408 e. The maximum absolute atomic E-state index is 12.5. The second-order valence-corrected chi connectivity index (χ2v) is 8.86. The van der Waals surface area contributed by atoms with Gasteiger partial charge in [0.2, 0.25) is 0 Å². The molecule has 1 heterocycles.